The second-order valence-corrected chi connectivity index (χ2v) is 6.72. The molecule has 1 aliphatic rings. The van der Waals surface area contributed by atoms with Gasteiger partial charge in [0.25, 0.3) is 5.91 Å². The van der Waals surface area contributed by atoms with E-state index >= 15 is 0 Å². The van der Waals surface area contributed by atoms with Crippen molar-refractivity contribution in [3.8, 4) is 11.5 Å². The molecule has 0 bridgehead atoms. The minimum absolute atomic E-state index is 0.00883. The third-order valence-electron chi connectivity index (χ3n) is 4.38. The highest BCUT2D eigenvalue weighted by Gasteiger charge is 2.26. The SMILES string of the molecule is COc1ccc2c(c1)CCCN2C(=O)c1cc(C)ccc1OC(C)C. The molecule has 1 aliphatic heterocycles. The zero-order valence-corrected chi connectivity index (χ0v) is 15.3. The van der Waals surface area contributed by atoms with E-state index in [-0.39, 0.29) is 12.0 Å². The number of nitrogens with zero attached hydrogens (tertiary/aromatic N) is 1. The van der Waals surface area contributed by atoms with Gasteiger partial charge in [0.2, 0.25) is 0 Å². The van der Waals surface area contributed by atoms with Crippen LogP contribution in [-0.2, 0) is 6.42 Å². The predicted molar refractivity (Wildman–Crippen MR) is 99.9 cm³/mol. The van der Waals surface area contributed by atoms with Crippen LogP contribution in [0.4, 0.5) is 5.69 Å². The largest absolute Gasteiger partial charge is 0.497 e. The molecule has 4 nitrogen and oxygen atoms in total. The van der Waals surface area contributed by atoms with Crippen molar-refractivity contribution in [2.45, 2.75) is 39.7 Å². The highest BCUT2D eigenvalue weighted by atomic mass is 16.5. The van der Waals surface area contributed by atoms with E-state index < -0.39 is 0 Å². The Bertz CT molecular complexity index is 783. The van der Waals surface area contributed by atoms with Crippen LogP contribution in [0, 0.1) is 6.92 Å². The minimum Gasteiger partial charge on any atom is -0.497 e. The monoisotopic (exact) mass is 339 g/mol. The van der Waals surface area contributed by atoms with Crippen molar-refractivity contribution in [3.63, 3.8) is 0 Å². The molecule has 0 aliphatic carbocycles. The van der Waals surface area contributed by atoms with Crippen molar-refractivity contribution in [3.05, 3.63) is 53.1 Å². The Labute approximate surface area is 149 Å². The molecule has 1 amide bonds. The first-order valence-corrected chi connectivity index (χ1v) is 8.75. The molecular weight excluding hydrogens is 314 g/mol. The number of fused-ring (bicyclic) bond motifs is 1. The number of carbonyl (C=O) groups excluding carboxylic acids is 1. The quantitative estimate of drug-likeness (QED) is 0.829. The van der Waals surface area contributed by atoms with E-state index in [2.05, 4.69) is 0 Å². The number of hydrogen-bond donors (Lipinski definition) is 0. The average Bonchev–Trinajstić information content (AvgIpc) is 2.61. The smallest absolute Gasteiger partial charge is 0.262 e. The Hall–Kier alpha value is -2.49. The summed E-state index contributed by atoms with van der Waals surface area (Å²) in [6, 6.07) is 11.7. The van der Waals surface area contributed by atoms with Crippen molar-refractivity contribution in [2.75, 3.05) is 18.6 Å². The van der Waals surface area contributed by atoms with Gasteiger partial charge in [0, 0.05) is 12.2 Å². The Kier molecular flexibility index (Phi) is 4.98. The number of carbonyl (C=O) groups is 1. The first-order chi connectivity index (χ1) is 12.0. The van der Waals surface area contributed by atoms with Crippen LogP contribution in [0.3, 0.4) is 0 Å². The minimum atomic E-state index is -0.00883. The first kappa shape index (κ1) is 17.3. The molecular formula is C21H25NO3. The van der Waals surface area contributed by atoms with Gasteiger partial charge in [-0.05, 0) is 69.5 Å². The van der Waals surface area contributed by atoms with E-state index in [0.717, 1.165) is 35.4 Å². The zero-order chi connectivity index (χ0) is 18.0. The summed E-state index contributed by atoms with van der Waals surface area (Å²) in [5.41, 5.74) is 3.79. The summed E-state index contributed by atoms with van der Waals surface area (Å²) in [5.74, 6) is 1.46. The number of aryl methyl sites for hydroxylation is 2. The van der Waals surface area contributed by atoms with Gasteiger partial charge in [-0.25, -0.2) is 0 Å². The molecule has 0 saturated carbocycles. The van der Waals surface area contributed by atoms with Crippen molar-refractivity contribution >= 4 is 11.6 Å². The maximum Gasteiger partial charge on any atom is 0.262 e. The highest BCUT2D eigenvalue weighted by Crippen LogP contribution is 2.33. The molecule has 0 atom stereocenters. The van der Waals surface area contributed by atoms with E-state index in [1.54, 1.807) is 7.11 Å². The molecule has 4 heteroatoms. The molecule has 0 unspecified atom stereocenters. The Morgan fingerprint density at radius 3 is 2.68 bits per heavy atom. The molecule has 3 rings (SSSR count). The second kappa shape index (κ2) is 7.18. The van der Waals surface area contributed by atoms with Gasteiger partial charge in [0.15, 0.2) is 0 Å². The van der Waals surface area contributed by atoms with Crippen LogP contribution in [0.15, 0.2) is 36.4 Å². The number of benzene rings is 2. The Balaban J connectivity index is 1.99. The maximum atomic E-state index is 13.3. The second-order valence-electron chi connectivity index (χ2n) is 6.72. The molecule has 0 saturated heterocycles. The summed E-state index contributed by atoms with van der Waals surface area (Å²) in [7, 11) is 1.66. The number of rotatable bonds is 4. The van der Waals surface area contributed by atoms with Crippen molar-refractivity contribution in [1.82, 2.24) is 0 Å². The summed E-state index contributed by atoms with van der Waals surface area (Å²) >= 11 is 0. The highest BCUT2D eigenvalue weighted by molar-refractivity contribution is 6.08. The van der Waals surface area contributed by atoms with Crippen LogP contribution in [-0.4, -0.2) is 25.7 Å². The normalized spacial score (nSPS) is 13.6. The molecule has 132 valence electrons. The summed E-state index contributed by atoms with van der Waals surface area (Å²) in [4.78, 5) is 15.1. The van der Waals surface area contributed by atoms with E-state index in [9.17, 15) is 4.79 Å². The van der Waals surface area contributed by atoms with E-state index in [1.165, 1.54) is 0 Å². The predicted octanol–water partition coefficient (Wildman–Crippen LogP) is 4.38. The maximum absolute atomic E-state index is 13.3. The van der Waals surface area contributed by atoms with Crippen molar-refractivity contribution in [2.24, 2.45) is 0 Å². The van der Waals surface area contributed by atoms with Gasteiger partial charge < -0.3 is 14.4 Å². The van der Waals surface area contributed by atoms with Gasteiger partial charge in [-0.1, -0.05) is 11.6 Å². The van der Waals surface area contributed by atoms with Crippen molar-refractivity contribution in [1.29, 1.82) is 0 Å². The average molecular weight is 339 g/mol. The molecule has 1 heterocycles. The summed E-state index contributed by atoms with van der Waals surface area (Å²) in [6.45, 7) is 6.64. The number of methoxy groups -OCH3 is 1. The van der Waals surface area contributed by atoms with Gasteiger partial charge in [-0.2, -0.15) is 0 Å². The lowest BCUT2D eigenvalue weighted by Gasteiger charge is -2.30. The summed E-state index contributed by atoms with van der Waals surface area (Å²) in [5, 5.41) is 0. The van der Waals surface area contributed by atoms with Crippen LogP contribution >= 0.6 is 0 Å². The van der Waals surface area contributed by atoms with Gasteiger partial charge in [-0.15, -0.1) is 0 Å². The standard InChI is InChI=1S/C21H25NO3/c1-14(2)25-20-10-7-15(3)12-18(20)21(23)22-11-5-6-16-13-17(24-4)8-9-19(16)22/h7-10,12-14H,5-6,11H2,1-4H3. The fraction of sp³-hybridized carbons (Fsp3) is 0.381. The molecule has 0 N–H and O–H groups in total. The lowest BCUT2D eigenvalue weighted by molar-refractivity contribution is 0.0979. The van der Waals surface area contributed by atoms with Gasteiger partial charge in [0.05, 0.1) is 18.8 Å². The lowest BCUT2D eigenvalue weighted by atomic mass is 9.99. The summed E-state index contributed by atoms with van der Waals surface area (Å²) in [6.07, 6.45) is 1.92. The fourth-order valence-electron chi connectivity index (χ4n) is 3.22. The van der Waals surface area contributed by atoms with E-state index in [0.29, 0.717) is 17.9 Å². The Morgan fingerprint density at radius 2 is 1.96 bits per heavy atom. The van der Waals surface area contributed by atoms with Gasteiger partial charge >= 0.3 is 0 Å². The molecule has 25 heavy (non-hydrogen) atoms. The topological polar surface area (TPSA) is 38.8 Å². The summed E-state index contributed by atoms with van der Waals surface area (Å²) < 4.78 is 11.2. The number of ether oxygens (including phenoxy) is 2. The van der Waals surface area contributed by atoms with Crippen LogP contribution in [0.1, 0.15) is 41.8 Å². The third-order valence-corrected chi connectivity index (χ3v) is 4.38. The number of anilines is 1. The number of amides is 1. The van der Waals surface area contributed by atoms with Crippen LogP contribution < -0.4 is 14.4 Å². The lowest BCUT2D eigenvalue weighted by Crippen LogP contribution is -2.35. The zero-order valence-electron chi connectivity index (χ0n) is 15.3. The first-order valence-electron chi connectivity index (χ1n) is 8.75. The van der Waals surface area contributed by atoms with E-state index in [1.807, 2.05) is 62.1 Å². The van der Waals surface area contributed by atoms with Crippen LogP contribution in [0.25, 0.3) is 0 Å². The van der Waals surface area contributed by atoms with E-state index in [4.69, 9.17) is 9.47 Å². The van der Waals surface area contributed by atoms with Crippen molar-refractivity contribution < 1.29 is 14.3 Å². The number of hydrogen-bond acceptors (Lipinski definition) is 3. The van der Waals surface area contributed by atoms with Gasteiger partial charge in [0.1, 0.15) is 11.5 Å². The molecule has 0 radical (unpaired) electrons. The Morgan fingerprint density at radius 1 is 1.16 bits per heavy atom. The molecule has 0 aromatic heterocycles. The molecule has 2 aromatic rings. The third kappa shape index (κ3) is 3.63. The fourth-order valence-corrected chi connectivity index (χ4v) is 3.22. The molecule has 0 fully saturated rings. The molecule has 2 aromatic carbocycles. The van der Waals surface area contributed by atoms with Crippen LogP contribution in [0.2, 0.25) is 0 Å². The van der Waals surface area contributed by atoms with Gasteiger partial charge in [-0.3, -0.25) is 4.79 Å². The molecule has 0 spiro atoms. The van der Waals surface area contributed by atoms with Crippen LogP contribution in [0.5, 0.6) is 11.5 Å².